The van der Waals surface area contributed by atoms with Crippen LogP contribution in [0.2, 0.25) is 0 Å². The van der Waals surface area contributed by atoms with E-state index in [2.05, 4.69) is 15.3 Å². The Balaban J connectivity index is 1.87. The van der Waals surface area contributed by atoms with Gasteiger partial charge in [-0.25, -0.2) is 9.97 Å². The van der Waals surface area contributed by atoms with Gasteiger partial charge in [-0.1, -0.05) is 0 Å². The number of aromatic nitrogens is 2. The Morgan fingerprint density at radius 1 is 1.08 bits per heavy atom. The number of ether oxygens (including phenoxy) is 2. The lowest BCUT2D eigenvalue weighted by molar-refractivity contribution is 0.0718. The van der Waals surface area contributed by atoms with E-state index in [9.17, 15) is 4.79 Å². The number of benzene rings is 1. The number of piperidine rings is 1. The Labute approximate surface area is 153 Å². The molecule has 1 aliphatic heterocycles. The molecule has 0 atom stereocenters. The molecule has 1 fully saturated rings. The van der Waals surface area contributed by atoms with E-state index >= 15 is 0 Å². The van der Waals surface area contributed by atoms with E-state index < -0.39 is 0 Å². The Bertz CT molecular complexity index is 788. The lowest BCUT2D eigenvalue weighted by Gasteiger charge is -2.26. The van der Waals surface area contributed by atoms with Crippen LogP contribution in [0.15, 0.2) is 24.3 Å². The molecule has 0 saturated carbocycles. The van der Waals surface area contributed by atoms with Crippen molar-refractivity contribution in [3.8, 4) is 11.5 Å². The number of anilines is 2. The van der Waals surface area contributed by atoms with Crippen LogP contribution in [0.4, 0.5) is 11.5 Å². The molecule has 3 rings (SSSR count). The van der Waals surface area contributed by atoms with Gasteiger partial charge in [-0.05, 0) is 38.3 Å². The summed E-state index contributed by atoms with van der Waals surface area (Å²) in [4.78, 5) is 23.3. The van der Waals surface area contributed by atoms with Crippen molar-refractivity contribution < 1.29 is 14.3 Å². The second-order valence-electron chi connectivity index (χ2n) is 6.23. The normalized spacial score (nSPS) is 14.0. The van der Waals surface area contributed by atoms with Gasteiger partial charge in [-0.3, -0.25) is 4.79 Å². The van der Waals surface area contributed by atoms with Crippen LogP contribution in [0.5, 0.6) is 11.5 Å². The van der Waals surface area contributed by atoms with Gasteiger partial charge in [-0.2, -0.15) is 0 Å². The average Bonchev–Trinajstić information content (AvgIpc) is 2.67. The summed E-state index contributed by atoms with van der Waals surface area (Å²) >= 11 is 0. The highest BCUT2D eigenvalue weighted by Crippen LogP contribution is 2.31. The Hall–Kier alpha value is -2.83. The van der Waals surface area contributed by atoms with Crippen molar-refractivity contribution in [2.24, 2.45) is 0 Å². The predicted octanol–water partition coefficient (Wildman–Crippen LogP) is 3.17. The van der Waals surface area contributed by atoms with Crippen LogP contribution in [0.25, 0.3) is 0 Å². The highest BCUT2D eigenvalue weighted by molar-refractivity contribution is 5.93. The molecular formula is C19H24N4O3. The third kappa shape index (κ3) is 4.04. The predicted molar refractivity (Wildman–Crippen MR) is 99.4 cm³/mol. The summed E-state index contributed by atoms with van der Waals surface area (Å²) in [7, 11) is 3.21. The van der Waals surface area contributed by atoms with E-state index in [4.69, 9.17) is 9.47 Å². The molecule has 0 aliphatic carbocycles. The molecule has 1 aromatic heterocycles. The summed E-state index contributed by atoms with van der Waals surface area (Å²) in [6.07, 6.45) is 3.26. The summed E-state index contributed by atoms with van der Waals surface area (Å²) < 4.78 is 10.7. The van der Waals surface area contributed by atoms with Crippen molar-refractivity contribution in [3.05, 3.63) is 35.8 Å². The van der Waals surface area contributed by atoms with Crippen LogP contribution >= 0.6 is 0 Å². The fraction of sp³-hybridized carbons (Fsp3) is 0.421. The van der Waals surface area contributed by atoms with Crippen LogP contribution in [-0.2, 0) is 0 Å². The van der Waals surface area contributed by atoms with Crippen molar-refractivity contribution in [1.82, 2.24) is 14.9 Å². The van der Waals surface area contributed by atoms with Crippen molar-refractivity contribution in [1.29, 1.82) is 0 Å². The number of nitrogens with zero attached hydrogens (tertiary/aromatic N) is 3. The monoisotopic (exact) mass is 356 g/mol. The lowest BCUT2D eigenvalue weighted by Crippen LogP contribution is -2.36. The van der Waals surface area contributed by atoms with E-state index in [1.165, 1.54) is 6.42 Å². The highest BCUT2D eigenvalue weighted by atomic mass is 16.5. The van der Waals surface area contributed by atoms with Crippen LogP contribution in [0.3, 0.4) is 0 Å². The quantitative estimate of drug-likeness (QED) is 0.887. The average molecular weight is 356 g/mol. The van der Waals surface area contributed by atoms with E-state index in [0.29, 0.717) is 34.5 Å². The van der Waals surface area contributed by atoms with Crippen molar-refractivity contribution >= 4 is 17.4 Å². The summed E-state index contributed by atoms with van der Waals surface area (Å²) in [5.41, 5.74) is 1.12. The Morgan fingerprint density at radius 2 is 1.85 bits per heavy atom. The topological polar surface area (TPSA) is 76.6 Å². The number of hydrogen-bond acceptors (Lipinski definition) is 6. The molecule has 2 heterocycles. The molecule has 1 N–H and O–H groups in total. The summed E-state index contributed by atoms with van der Waals surface area (Å²) in [6.45, 7) is 3.35. The molecule has 7 nitrogen and oxygen atoms in total. The molecule has 1 saturated heterocycles. The third-order valence-electron chi connectivity index (χ3n) is 4.37. The van der Waals surface area contributed by atoms with Gasteiger partial charge in [0.2, 0.25) is 0 Å². The van der Waals surface area contributed by atoms with Gasteiger partial charge >= 0.3 is 0 Å². The number of nitrogens with one attached hydrogen (secondary N) is 1. The summed E-state index contributed by atoms with van der Waals surface area (Å²) in [6, 6.07) is 7.14. The second kappa shape index (κ2) is 8.03. The van der Waals surface area contributed by atoms with Crippen LogP contribution in [-0.4, -0.2) is 48.1 Å². The molecule has 0 unspecified atom stereocenters. The lowest BCUT2D eigenvalue weighted by atomic mass is 10.1. The molecule has 138 valence electrons. The van der Waals surface area contributed by atoms with Gasteiger partial charge in [-0.15, -0.1) is 0 Å². The zero-order valence-corrected chi connectivity index (χ0v) is 15.4. The molecule has 1 amide bonds. The minimum atomic E-state index is -0.0455. The first-order valence-electron chi connectivity index (χ1n) is 8.74. The number of carbonyl (C=O) groups is 1. The fourth-order valence-electron chi connectivity index (χ4n) is 3.05. The molecule has 1 aromatic carbocycles. The molecule has 26 heavy (non-hydrogen) atoms. The first kappa shape index (κ1) is 18.0. The highest BCUT2D eigenvalue weighted by Gasteiger charge is 2.20. The van der Waals surface area contributed by atoms with Crippen LogP contribution < -0.4 is 14.8 Å². The third-order valence-corrected chi connectivity index (χ3v) is 4.37. The number of carbonyl (C=O) groups excluding carboxylic acids is 1. The summed E-state index contributed by atoms with van der Waals surface area (Å²) in [5, 5.41) is 3.21. The number of methoxy groups -OCH3 is 2. The maximum absolute atomic E-state index is 12.7. The van der Waals surface area contributed by atoms with Crippen LogP contribution in [0, 0.1) is 6.92 Å². The first-order chi connectivity index (χ1) is 12.6. The molecular weight excluding hydrogens is 332 g/mol. The van der Waals surface area contributed by atoms with Gasteiger partial charge in [0.05, 0.1) is 19.9 Å². The molecule has 0 bridgehead atoms. The number of likely N-dealkylation sites (tertiary alicyclic amines) is 1. The second-order valence-corrected chi connectivity index (χ2v) is 6.23. The maximum atomic E-state index is 12.7. The zero-order chi connectivity index (χ0) is 18.5. The molecule has 7 heteroatoms. The van der Waals surface area contributed by atoms with E-state index in [-0.39, 0.29) is 5.91 Å². The van der Waals surface area contributed by atoms with Gasteiger partial charge in [0.1, 0.15) is 28.8 Å². The standard InChI is InChI=1S/C19H24N4O3/c1-13-20-16(19(24)23-9-5-4-6-10-23)12-18(21-13)22-15-11-14(25-2)7-8-17(15)26-3/h7-8,11-12H,4-6,9-10H2,1-3H3,(H,20,21,22). The SMILES string of the molecule is COc1ccc(OC)c(Nc2cc(C(=O)N3CCCCC3)nc(C)n2)c1. The van der Waals surface area contributed by atoms with Gasteiger partial charge in [0.15, 0.2) is 0 Å². The largest absolute Gasteiger partial charge is 0.497 e. The van der Waals surface area contributed by atoms with Gasteiger partial charge < -0.3 is 19.7 Å². The van der Waals surface area contributed by atoms with Gasteiger partial charge in [0.25, 0.3) is 5.91 Å². The minimum absolute atomic E-state index is 0.0455. The van der Waals surface area contributed by atoms with Crippen molar-refractivity contribution in [3.63, 3.8) is 0 Å². The van der Waals surface area contributed by atoms with Crippen molar-refractivity contribution in [2.75, 3.05) is 32.6 Å². The van der Waals surface area contributed by atoms with E-state index in [1.807, 2.05) is 23.1 Å². The number of hydrogen-bond donors (Lipinski definition) is 1. The molecule has 0 spiro atoms. The fourth-order valence-corrected chi connectivity index (χ4v) is 3.05. The molecule has 2 aromatic rings. The number of rotatable bonds is 5. The summed E-state index contributed by atoms with van der Waals surface area (Å²) in [5.74, 6) is 2.40. The first-order valence-corrected chi connectivity index (χ1v) is 8.74. The number of aryl methyl sites for hydroxylation is 1. The minimum Gasteiger partial charge on any atom is -0.497 e. The molecule has 0 radical (unpaired) electrons. The Kier molecular flexibility index (Phi) is 5.55. The number of amides is 1. The maximum Gasteiger partial charge on any atom is 0.272 e. The van der Waals surface area contributed by atoms with Crippen molar-refractivity contribution in [2.45, 2.75) is 26.2 Å². The van der Waals surface area contributed by atoms with Crippen LogP contribution in [0.1, 0.15) is 35.6 Å². The van der Waals surface area contributed by atoms with Gasteiger partial charge in [0, 0.05) is 25.2 Å². The molecule has 1 aliphatic rings. The van der Waals surface area contributed by atoms with E-state index in [1.54, 1.807) is 27.2 Å². The smallest absolute Gasteiger partial charge is 0.272 e. The Morgan fingerprint density at radius 3 is 2.54 bits per heavy atom. The zero-order valence-electron chi connectivity index (χ0n) is 15.4. The van der Waals surface area contributed by atoms with E-state index in [0.717, 1.165) is 25.9 Å².